The Morgan fingerprint density at radius 3 is 2.26 bits per heavy atom. The Morgan fingerprint density at radius 2 is 1.78 bits per heavy atom. The highest BCUT2D eigenvalue weighted by Gasteiger charge is 2.37. The van der Waals surface area contributed by atoms with Crippen molar-refractivity contribution in [3.8, 4) is 0 Å². The molecule has 130 valence electrons. The Bertz CT molecular complexity index is 489. The van der Waals surface area contributed by atoms with Crippen molar-refractivity contribution < 1.29 is 19.2 Å². The van der Waals surface area contributed by atoms with Crippen molar-refractivity contribution in [3.05, 3.63) is 0 Å². The maximum Gasteiger partial charge on any atom is 0.246 e. The van der Waals surface area contributed by atoms with Crippen LogP contribution in [0.5, 0.6) is 0 Å². The summed E-state index contributed by atoms with van der Waals surface area (Å²) in [6.45, 7) is 1.71. The van der Waals surface area contributed by atoms with Gasteiger partial charge < -0.3 is 21.3 Å². The number of primary amides is 1. The normalized spacial score (nSPS) is 19.8. The van der Waals surface area contributed by atoms with Crippen LogP contribution in [0.1, 0.15) is 19.8 Å². The predicted octanol–water partition coefficient (Wildman–Crippen LogP) is -1.69. The summed E-state index contributed by atoms with van der Waals surface area (Å²) in [6, 6.07) is -2.37. The standard InChI is InChI=1S/C13H22N4O4S2/c1-7(18)15-9(6-23)13(21)17-4-2-3-10(17)12(20)16-8(5-22)11(14)19/h8-10,22-23H,2-6H2,1H3,(H2,14,19)(H,15,18)(H,16,20). The van der Waals surface area contributed by atoms with Gasteiger partial charge in [0.1, 0.15) is 18.1 Å². The van der Waals surface area contributed by atoms with Gasteiger partial charge in [0, 0.05) is 25.0 Å². The lowest BCUT2D eigenvalue weighted by Gasteiger charge is -2.28. The van der Waals surface area contributed by atoms with Gasteiger partial charge in [-0.25, -0.2) is 0 Å². The molecule has 1 rings (SSSR count). The summed E-state index contributed by atoms with van der Waals surface area (Å²) in [4.78, 5) is 48.6. The first-order chi connectivity index (χ1) is 10.8. The summed E-state index contributed by atoms with van der Waals surface area (Å²) in [7, 11) is 0. The molecule has 23 heavy (non-hydrogen) atoms. The number of carbonyl (C=O) groups is 4. The third kappa shape index (κ3) is 5.31. The number of amides is 4. The van der Waals surface area contributed by atoms with Gasteiger partial charge in [-0.05, 0) is 12.8 Å². The Kier molecular flexibility index (Phi) is 7.69. The average Bonchev–Trinajstić information content (AvgIpc) is 2.98. The summed E-state index contributed by atoms with van der Waals surface area (Å²) in [6.07, 6.45) is 1.14. The van der Waals surface area contributed by atoms with Crippen molar-refractivity contribution in [1.82, 2.24) is 15.5 Å². The molecule has 0 radical (unpaired) electrons. The van der Waals surface area contributed by atoms with Crippen LogP contribution in [0.3, 0.4) is 0 Å². The number of likely N-dealkylation sites (tertiary alicyclic amines) is 1. The second-order valence-corrected chi connectivity index (χ2v) is 6.00. The largest absolute Gasteiger partial charge is 0.368 e. The molecule has 0 spiro atoms. The molecule has 0 bridgehead atoms. The molecule has 0 aromatic rings. The second-order valence-electron chi connectivity index (χ2n) is 5.27. The van der Waals surface area contributed by atoms with E-state index in [4.69, 9.17) is 5.73 Å². The first kappa shape index (κ1) is 19.6. The fraction of sp³-hybridized carbons (Fsp3) is 0.692. The Labute approximate surface area is 145 Å². The van der Waals surface area contributed by atoms with E-state index < -0.39 is 29.9 Å². The van der Waals surface area contributed by atoms with Crippen LogP contribution in [0.15, 0.2) is 0 Å². The van der Waals surface area contributed by atoms with Gasteiger partial charge >= 0.3 is 0 Å². The van der Waals surface area contributed by atoms with Crippen LogP contribution < -0.4 is 16.4 Å². The van der Waals surface area contributed by atoms with Crippen molar-refractivity contribution in [2.45, 2.75) is 37.9 Å². The Morgan fingerprint density at radius 1 is 1.17 bits per heavy atom. The van der Waals surface area contributed by atoms with Gasteiger partial charge in [0.2, 0.25) is 23.6 Å². The van der Waals surface area contributed by atoms with Gasteiger partial charge in [-0.3, -0.25) is 19.2 Å². The van der Waals surface area contributed by atoms with Gasteiger partial charge in [0.15, 0.2) is 0 Å². The van der Waals surface area contributed by atoms with Crippen molar-refractivity contribution in [1.29, 1.82) is 0 Å². The van der Waals surface area contributed by atoms with Crippen LogP contribution >= 0.6 is 25.3 Å². The van der Waals surface area contributed by atoms with Crippen molar-refractivity contribution >= 4 is 48.9 Å². The van der Waals surface area contributed by atoms with Crippen LogP contribution in [-0.2, 0) is 19.2 Å². The molecule has 8 nitrogen and oxygen atoms in total. The SMILES string of the molecule is CC(=O)NC(CS)C(=O)N1CCCC1C(=O)NC(CS)C(N)=O. The van der Waals surface area contributed by atoms with Crippen LogP contribution in [0.4, 0.5) is 0 Å². The zero-order valence-corrected chi connectivity index (χ0v) is 14.6. The summed E-state index contributed by atoms with van der Waals surface area (Å²) in [5, 5.41) is 5.01. The highest BCUT2D eigenvalue weighted by atomic mass is 32.1. The lowest BCUT2D eigenvalue weighted by Crippen LogP contribution is -2.56. The molecule has 3 unspecified atom stereocenters. The number of hydrogen-bond acceptors (Lipinski definition) is 6. The van der Waals surface area contributed by atoms with E-state index in [1.807, 2.05) is 0 Å². The molecule has 4 amide bonds. The highest BCUT2D eigenvalue weighted by Crippen LogP contribution is 2.19. The van der Waals surface area contributed by atoms with E-state index in [-0.39, 0.29) is 23.3 Å². The number of carbonyl (C=O) groups excluding carboxylic acids is 4. The molecule has 0 aromatic heterocycles. The van der Waals surface area contributed by atoms with Crippen molar-refractivity contribution in [2.75, 3.05) is 18.1 Å². The molecule has 10 heteroatoms. The topological polar surface area (TPSA) is 122 Å². The van der Waals surface area contributed by atoms with E-state index in [1.165, 1.54) is 11.8 Å². The molecule has 3 atom stereocenters. The Balaban J connectivity index is 2.79. The molecule has 1 saturated heterocycles. The summed E-state index contributed by atoms with van der Waals surface area (Å²) < 4.78 is 0. The monoisotopic (exact) mass is 362 g/mol. The van der Waals surface area contributed by atoms with E-state index in [9.17, 15) is 19.2 Å². The van der Waals surface area contributed by atoms with Crippen LogP contribution in [0.2, 0.25) is 0 Å². The number of thiol groups is 2. The number of rotatable bonds is 7. The van der Waals surface area contributed by atoms with E-state index in [2.05, 4.69) is 35.9 Å². The second kappa shape index (κ2) is 9.02. The minimum absolute atomic E-state index is 0.0763. The van der Waals surface area contributed by atoms with Gasteiger partial charge in [0.25, 0.3) is 0 Å². The quantitative estimate of drug-likeness (QED) is 0.347. The lowest BCUT2D eigenvalue weighted by atomic mass is 10.1. The summed E-state index contributed by atoms with van der Waals surface area (Å²) in [5.41, 5.74) is 5.17. The maximum absolute atomic E-state index is 12.5. The maximum atomic E-state index is 12.5. The molecular formula is C13H22N4O4S2. The van der Waals surface area contributed by atoms with E-state index in [0.717, 1.165) is 0 Å². The number of nitrogens with two attached hydrogens (primary N) is 1. The van der Waals surface area contributed by atoms with Crippen LogP contribution in [-0.4, -0.2) is 64.7 Å². The fourth-order valence-corrected chi connectivity index (χ4v) is 2.93. The third-order valence-corrected chi connectivity index (χ3v) is 4.27. The zero-order chi connectivity index (χ0) is 17.6. The van der Waals surface area contributed by atoms with Gasteiger partial charge in [0.05, 0.1) is 0 Å². The molecule has 1 aliphatic rings. The molecule has 1 heterocycles. The molecule has 4 N–H and O–H groups in total. The van der Waals surface area contributed by atoms with E-state index in [1.54, 1.807) is 0 Å². The van der Waals surface area contributed by atoms with Gasteiger partial charge in [-0.15, -0.1) is 0 Å². The highest BCUT2D eigenvalue weighted by molar-refractivity contribution is 7.80. The van der Waals surface area contributed by atoms with Crippen LogP contribution in [0, 0.1) is 0 Å². The van der Waals surface area contributed by atoms with Gasteiger partial charge in [-0.2, -0.15) is 25.3 Å². The van der Waals surface area contributed by atoms with E-state index >= 15 is 0 Å². The van der Waals surface area contributed by atoms with Gasteiger partial charge in [-0.1, -0.05) is 0 Å². The van der Waals surface area contributed by atoms with Crippen LogP contribution in [0.25, 0.3) is 0 Å². The third-order valence-electron chi connectivity index (χ3n) is 3.54. The minimum atomic E-state index is -0.889. The average molecular weight is 362 g/mol. The zero-order valence-electron chi connectivity index (χ0n) is 12.8. The fourth-order valence-electron chi connectivity index (χ4n) is 2.41. The predicted molar refractivity (Wildman–Crippen MR) is 91.2 cm³/mol. The first-order valence-electron chi connectivity index (χ1n) is 7.20. The number of nitrogens with zero attached hydrogens (tertiary/aromatic N) is 1. The summed E-state index contributed by atoms with van der Waals surface area (Å²) >= 11 is 8.03. The lowest BCUT2D eigenvalue weighted by molar-refractivity contribution is -0.141. The molecular weight excluding hydrogens is 340 g/mol. The molecule has 1 fully saturated rings. The molecule has 0 aromatic carbocycles. The molecule has 1 aliphatic heterocycles. The minimum Gasteiger partial charge on any atom is -0.368 e. The van der Waals surface area contributed by atoms with E-state index in [0.29, 0.717) is 19.4 Å². The number of nitrogens with one attached hydrogen (secondary N) is 2. The molecule has 0 aliphatic carbocycles. The number of hydrogen-bond donors (Lipinski definition) is 5. The van der Waals surface area contributed by atoms with Crippen molar-refractivity contribution in [3.63, 3.8) is 0 Å². The molecule has 0 saturated carbocycles. The Hall–Kier alpha value is -1.42. The first-order valence-corrected chi connectivity index (χ1v) is 8.47. The van der Waals surface area contributed by atoms with Crippen molar-refractivity contribution in [2.24, 2.45) is 5.73 Å². The summed E-state index contributed by atoms with van der Waals surface area (Å²) in [5.74, 6) is -1.64. The smallest absolute Gasteiger partial charge is 0.246 e.